The summed E-state index contributed by atoms with van der Waals surface area (Å²) in [5, 5.41) is 12.6. The summed E-state index contributed by atoms with van der Waals surface area (Å²) in [6.07, 6.45) is 3.59. The Bertz CT molecular complexity index is 479. The fourth-order valence-electron chi connectivity index (χ4n) is 2.62. The van der Waals surface area contributed by atoms with Crippen molar-refractivity contribution in [1.29, 1.82) is 0 Å². The number of benzene rings is 1. The monoisotopic (exact) mass is 262 g/mol. The SMILES string of the molecule is Cc1ccc(NCC2(N(C)C)CCC2)c(C(=O)O)c1. The Hall–Kier alpha value is -1.55. The normalized spacial score (nSPS) is 17.1. The molecule has 1 aromatic rings. The molecule has 0 unspecified atom stereocenters. The van der Waals surface area contributed by atoms with Crippen molar-refractivity contribution in [1.82, 2.24) is 4.90 Å². The zero-order valence-corrected chi connectivity index (χ0v) is 11.9. The largest absolute Gasteiger partial charge is 0.478 e. The number of hydrogen-bond acceptors (Lipinski definition) is 3. The van der Waals surface area contributed by atoms with Gasteiger partial charge in [-0.15, -0.1) is 0 Å². The van der Waals surface area contributed by atoms with Crippen LogP contribution in [-0.4, -0.2) is 42.2 Å². The molecule has 104 valence electrons. The average molecular weight is 262 g/mol. The summed E-state index contributed by atoms with van der Waals surface area (Å²) in [5.74, 6) is -0.876. The lowest BCUT2D eigenvalue weighted by atomic mass is 9.75. The summed E-state index contributed by atoms with van der Waals surface area (Å²) in [6.45, 7) is 2.70. The molecule has 2 rings (SSSR count). The van der Waals surface area contributed by atoms with Crippen LogP contribution in [0.4, 0.5) is 5.69 Å². The molecule has 0 aromatic heterocycles. The van der Waals surface area contributed by atoms with Crippen molar-refractivity contribution in [3.05, 3.63) is 29.3 Å². The molecule has 0 atom stereocenters. The summed E-state index contributed by atoms with van der Waals surface area (Å²) in [4.78, 5) is 13.5. The maximum atomic E-state index is 11.3. The van der Waals surface area contributed by atoms with Crippen LogP contribution in [0.2, 0.25) is 0 Å². The van der Waals surface area contributed by atoms with Crippen LogP contribution in [0.5, 0.6) is 0 Å². The first-order valence-corrected chi connectivity index (χ1v) is 6.70. The standard InChI is InChI=1S/C15H22N2O2/c1-11-5-6-13(12(9-11)14(18)19)16-10-15(17(2)3)7-4-8-15/h5-6,9,16H,4,7-8,10H2,1-3H3,(H,18,19). The van der Waals surface area contributed by atoms with Crippen LogP contribution in [0, 0.1) is 6.92 Å². The zero-order valence-electron chi connectivity index (χ0n) is 11.9. The van der Waals surface area contributed by atoms with E-state index in [1.54, 1.807) is 6.07 Å². The highest BCUT2D eigenvalue weighted by Gasteiger charge is 2.38. The molecular formula is C15H22N2O2. The Morgan fingerprint density at radius 2 is 2.11 bits per heavy atom. The lowest BCUT2D eigenvalue weighted by Crippen LogP contribution is -2.54. The van der Waals surface area contributed by atoms with E-state index in [0.717, 1.165) is 12.1 Å². The zero-order chi connectivity index (χ0) is 14.0. The minimum Gasteiger partial charge on any atom is -0.478 e. The number of carboxylic acids is 1. The second kappa shape index (κ2) is 5.21. The van der Waals surface area contributed by atoms with Gasteiger partial charge in [-0.1, -0.05) is 11.6 Å². The van der Waals surface area contributed by atoms with Crippen LogP contribution < -0.4 is 5.32 Å². The van der Waals surface area contributed by atoms with Gasteiger partial charge in [0.2, 0.25) is 0 Å². The molecule has 2 N–H and O–H groups in total. The van der Waals surface area contributed by atoms with E-state index in [-0.39, 0.29) is 5.54 Å². The highest BCUT2D eigenvalue weighted by Crippen LogP contribution is 2.36. The van der Waals surface area contributed by atoms with Crippen molar-refractivity contribution in [3.8, 4) is 0 Å². The van der Waals surface area contributed by atoms with Crippen LogP contribution in [0.1, 0.15) is 35.2 Å². The molecule has 1 saturated carbocycles. The number of aromatic carboxylic acids is 1. The van der Waals surface area contributed by atoms with Crippen molar-refractivity contribution in [3.63, 3.8) is 0 Å². The van der Waals surface area contributed by atoms with E-state index in [2.05, 4.69) is 24.3 Å². The molecule has 0 saturated heterocycles. The molecule has 19 heavy (non-hydrogen) atoms. The van der Waals surface area contributed by atoms with Gasteiger partial charge in [0, 0.05) is 17.8 Å². The maximum Gasteiger partial charge on any atom is 0.337 e. The summed E-state index contributed by atoms with van der Waals surface area (Å²) >= 11 is 0. The third-order valence-corrected chi connectivity index (χ3v) is 4.25. The van der Waals surface area contributed by atoms with Crippen molar-refractivity contribution >= 4 is 11.7 Å². The van der Waals surface area contributed by atoms with E-state index < -0.39 is 5.97 Å². The van der Waals surface area contributed by atoms with Gasteiger partial charge in [0.05, 0.1) is 5.56 Å². The maximum absolute atomic E-state index is 11.3. The van der Waals surface area contributed by atoms with Crippen LogP contribution in [0.25, 0.3) is 0 Å². The molecule has 1 fully saturated rings. The predicted molar refractivity (Wildman–Crippen MR) is 76.9 cm³/mol. The minimum absolute atomic E-state index is 0.181. The first-order valence-electron chi connectivity index (χ1n) is 6.70. The van der Waals surface area contributed by atoms with E-state index in [1.807, 2.05) is 19.1 Å². The fraction of sp³-hybridized carbons (Fsp3) is 0.533. The second-order valence-corrected chi connectivity index (χ2v) is 5.68. The molecule has 1 aliphatic rings. The van der Waals surface area contributed by atoms with E-state index in [0.29, 0.717) is 11.3 Å². The second-order valence-electron chi connectivity index (χ2n) is 5.68. The third kappa shape index (κ3) is 2.73. The number of aryl methyl sites for hydroxylation is 1. The Morgan fingerprint density at radius 3 is 2.58 bits per heavy atom. The van der Waals surface area contributed by atoms with Gasteiger partial charge >= 0.3 is 5.97 Å². The topological polar surface area (TPSA) is 52.6 Å². The van der Waals surface area contributed by atoms with Gasteiger partial charge in [0.15, 0.2) is 0 Å². The van der Waals surface area contributed by atoms with E-state index >= 15 is 0 Å². The summed E-state index contributed by atoms with van der Waals surface area (Å²) in [7, 11) is 4.18. The smallest absolute Gasteiger partial charge is 0.337 e. The Morgan fingerprint density at radius 1 is 1.42 bits per heavy atom. The molecule has 4 heteroatoms. The Labute approximate surface area is 114 Å². The van der Waals surface area contributed by atoms with Gasteiger partial charge in [0.25, 0.3) is 0 Å². The average Bonchev–Trinajstić information content (AvgIpc) is 2.28. The van der Waals surface area contributed by atoms with Gasteiger partial charge in [-0.25, -0.2) is 4.79 Å². The number of likely N-dealkylation sites (N-methyl/N-ethyl adjacent to an activating group) is 1. The van der Waals surface area contributed by atoms with Crippen LogP contribution in [0.3, 0.4) is 0 Å². The number of anilines is 1. The lowest BCUT2D eigenvalue weighted by Gasteiger charge is -2.47. The summed E-state index contributed by atoms with van der Waals surface area (Å²) in [5.41, 5.74) is 2.22. The van der Waals surface area contributed by atoms with Gasteiger partial charge in [-0.05, 0) is 52.4 Å². The molecule has 4 nitrogen and oxygen atoms in total. The molecule has 0 radical (unpaired) electrons. The number of nitrogens with one attached hydrogen (secondary N) is 1. The van der Waals surface area contributed by atoms with Gasteiger partial charge in [-0.3, -0.25) is 0 Å². The molecule has 0 bridgehead atoms. The van der Waals surface area contributed by atoms with Crippen LogP contribution >= 0.6 is 0 Å². The molecule has 0 spiro atoms. The quantitative estimate of drug-likeness (QED) is 0.856. The highest BCUT2D eigenvalue weighted by atomic mass is 16.4. The summed E-state index contributed by atoms with van der Waals surface area (Å²) < 4.78 is 0. The third-order valence-electron chi connectivity index (χ3n) is 4.25. The number of carboxylic acid groups (broad SMARTS) is 1. The first kappa shape index (κ1) is 13.9. The minimum atomic E-state index is -0.876. The summed E-state index contributed by atoms with van der Waals surface area (Å²) in [6, 6.07) is 5.52. The Balaban J connectivity index is 2.13. The fourth-order valence-corrected chi connectivity index (χ4v) is 2.62. The van der Waals surface area contributed by atoms with Gasteiger partial charge in [0.1, 0.15) is 0 Å². The number of rotatable bonds is 5. The lowest BCUT2D eigenvalue weighted by molar-refractivity contribution is 0.0693. The predicted octanol–water partition coefficient (Wildman–Crippen LogP) is 2.59. The molecule has 1 aromatic carbocycles. The van der Waals surface area contributed by atoms with Crippen LogP contribution in [0.15, 0.2) is 18.2 Å². The van der Waals surface area contributed by atoms with Crippen molar-refractivity contribution < 1.29 is 9.90 Å². The van der Waals surface area contributed by atoms with Gasteiger partial charge in [-0.2, -0.15) is 0 Å². The van der Waals surface area contributed by atoms with Crippen molar-refractivity contribution in [2.45, 2.75) is 31.7 Å². The molecule has 0 aliphatic heterocycles. The number of carbonyl (C=O) groups is 1. The van der Waals surface area contributed by atoms with Crippen molar-refractivity contribution in [2.75, 3.05) is 26.0 Å². The van der Waals surface area contributed by atoms with Gasteiger partial charge < -0.3 is 15.3 Å². The number of hydrogen-bond donors (Lipinski definition) is 2. The first-order chi connectivity index (χ1) is 8.94. The van der Waals surface area contributed by atoms with E-state index in [1.165, 1.54) is 19.3 Å². The molecule has 0 amide bonds. The highest BCUT2D eigenvalue weighted by molar-refractivity contribution is 5.94. The molecule has 1 aliphatic carbocycles. The van der Waals surface area contributed by atoms with Crippen molar-refractivity contribution in [2.24, 2.45) is 0 Å². The van der Waals surface area contributed by atoms with Crippen LogP contribution in [-0.2, 0) is 0 Å². The van der Waals surface area contributed by atoms with E-state index in [9.17, 15) is 9.90 Å². The number of nitrogens with zero attached hydrogens (tertiary/aromatic N) is 1. The molecular weight excluding hydrogens is 240 g/mol. The van der Waals surface area contributed by atoms with E-state index in [4.69, 9.17) is 0 Å². The molecule has 0 heterocycles. The Kier molecular flexibility index (Phi) is 3.80.